The summed E-state index contributed by atoms with van der Waals surface area (Å²) in [5.41, 5.74) is 0.995. The number of aliphatic carboxylic acids is 5. The highest BCUT2D eigenvalue weighted by Crippen LogP contribution is 2.40. The predicted molar refractivity (Wildman–Crippen MR) is 270 cm³/mol. The van der Waals surface area contributed by atoms with Gasteiger partial charge in [0.05, 0.1) is 29.7 Å². The van der Waals surface area contributed by atoms with Crippen LogP contribution in [0, 0.1) is 17.3 Å². The fourth-order valence-electron chi connectivity index (χ4n) is 8.33. The van der Waals surface area contributed by atoms with E-state index < -0.39 is 193 Å². The van der Waals surface area contributed by atoms with E-state index in [-0.39, 0.29) is 31.8 Å². The lowest BCUT2D eigenvalue weighted by atomic mass is 9.71. The van der Waals surface area contributed by atoms with Gasteiger partial charge in [0.1, 0.15) is 49.0 Å². The van der Waals surface area contributed by atoms with Crippen LogP contribution in [0.5, 0.6) is 0 Å². The molecule has 0 radical (unpaired) electrons. The van der Waals surface area contributed by atoms with Gasteiger partial charge in [0.15, 0.2) is 74.4 Å². The molecule has 3 heterocycles. The smallest absolute Gasteiger partial charge is 0.336 e. The Morgan fingerprint density at radius 3 is 1.23 bits per heavy atom. The number of aliphatic hydroxyl groups is 6. The number of carbonyl (C=O) groups is 9. The zero-order valence-corrected chi connectivity index (χ0v) is 46.8. The third-order valence-electron chi connectivity index (χ3n) is 12.2. The molecule has 3 saturated heterocycles. The van der Waals surface area contributed by atoms with Crippen LogP contribution >= 0.6 is 0 Å². The Morgan fingerprint density at radius 2 is 0.892 bits per heavy atom. The standard InChI is InChI=1S/C49H76N4O30/c1-19(17-54)32(39(64)65)75-23(77-35-27(59)30(62)45(82-48(5,6)7)80-37(35)42(70)71)15-50-52-21(56)13-11-12-14-22(57)53-51-16-24(78-36-28(60)31(63)46(83-49(8,9)10)81-38(36)43(72)73)76-33(40(66)67)20(18-55)74-44-29(61)26(58)25(47(2,3)4)34(79-44)41(68)69/h15-20,23-38,44-46,58-63H,11-14H2,1-10H3,(H,52,56)(H,53,57)(H,64,65)(H,66,67)(H,68,69)(H,70,71)(H,72,73)/b50-15+,51-16+/t19?,20?,23?,24?,25-,26?,27?,28?,29+,30-,31+,32?,33?,34?,35+,36-,37?,38?,44-,45-,46+/m0/s1. The van der Waals surface area contributed by atoms with Crippen molar-refractivity contribution in [3.63, 3.8) is 0 Å². The highest BCUT2D eigenvalue weighted by atomic mass is 16.8. The summed E-state index contributed by atoms with van der Waals surface area (Å²) < 4.78 is 54.7. The van der Waals surface area contributed by atoms with Gasteiger partial charge in [-0.25, -0.2) is 34.8 Å². The fourth-order valence-corrected chi connectivity index (χ4v) is 8.33. The second-order valence-electron chi connectivity index (χ2n) is 22.4. The summed E-state index contributed by atoms with van der Waals surface area (Å²) in [5, 5.41) is 123. The monoisotopic (exact) mass is 1200 g/mol. The second-order valence-corrected chi connectivity index (χ2v) is 22.4. The molecule has 0 aliphatic carbocycles. The molecule has 83 heavy (non-hydrogen) atoms. The SMILES string of the molecule is CC(C=O)C(OC(/C=N/NC(=O)CCCCC(=O)N/N=C/C(OC(C(=O)O)C(C=O)O[C@H]1OC(C(=O)O)[C@@H](C(C)(C)C)C(O)[C@H]1O)O[C@@H]1C(C(=O)O)O[C@H](OC(C)(C)C)[C@H](O)C1O)O[C@H]1C(C(=O)O)O[C@@H](OC(C)(C)C)[C@@H](O)C1O)C(=O)O. The summed E-state index contributed by atoms with van der Waals surface area (Å²) >= 11 is 0. The van der Waals surface area contributed by atoms with Gasteiger partial charge in [0.25, 0.3) is 0 Å². The topological polar surface area (TPSA) is 517 Å². The van der Waals surface area contributed by atoms with Gasteiger partial charge in [-0.15, -0.1) is 0 Å². The number of ether oxygens (including phenoxy) is 10. The molecule has 0 aromatic rings. The number of rotatable bonds is 30. The predicted octanol–water partition coefficient (Wildman–Crippen LogP) is -3.58. The van der Waals surface area contributed by atoms with Crippen LogP contribution in [-0.4, -0.2) is 251 Å². The van der Waals surface area contributed by atoms with Gasteiger partial charge in [0, 0.05) is 24.7 Å². The van der Waals surface area contributed by atoms with Crippen molar-refractivity contribution >= 4 is 66.7 Å². The normalized spacial score (nSPS) is 31.2. The number of aldehydes is 2. The molecule has 12 unspecified atom stereocenters. The van der Waals surface area contributed by atoms with Crippen molar-refractivity contribution < 1.29 is 147 Å². The van der Waals surface area contributed by atoms with Crippen LogP contribution in [0.3, 0.4) is 0 Å². The largest absolute Gasteiger partial charge is 0.479 e. The van der Waals surface area contributed by atoms with Crippen LogP contribution in [0.2, 0.25) is 0 Å². The first-order valence-electron chi connectivity index (χ1n) is 25.7. The van der Waals surface area contributed by atoms with Gasteiger partial charge in [-0.1, -0.05) is 27.7 Å². The van der Waals surface area contributed by atoms with Crippen molar-refractivity contribution in [2.45, 2.75) is 223 Å². The molecule has 3 aliphatic rings. The summed E-state index contributed by atoms with van der Waals surface area (Å²) in [6.45, 7) is 15.0. The molecule has 0 aromatic carbocycles. The van der Waals surface area contributed by atoms with Crippen molar-refractivity contribution in [1.82, 2.24) is 10.9 Å². The summed E-state index contributed by atoms with van der Waals surface area (Å²) in [6, 6.07) is 0. The van der Waals surface area contributed by atoms with E-state index in [1.165, 1.54) is 41.5 Å². The number of nitrogens with one attached hydrogen (secondary N) is 2. The molecule has 2 amide bonds. The molecule has 3 aliphatic heterocycles. The second kappa shape index (κ2) is 30.9. The first-order chi connectivity index (χ1) is 38.3. The first kappa shape index (κ1) is 71.6. The maximum absolute atomic E-state index is 12.9. The molecule has 3 fully saturated rings. The lowest BCUT2D eigenvalue weighted by Crippen LogP contribution is -2.63. The lowest BCUT2D eigenvalue weighted by Gasteiger charge is -2.46. The van der Waals surface area contributed by atoms with E-state index in [1.807, 2.05) is 5.43 Å². The van der Waals surface area contributed by atoms with Crippen LogP contribution in [-0.2, 0) is 90.5 Å². The van der Waals surface area contributed by atoms with Crippen molar-refractivity contribution in [3.8, 4) is 0 Å². The molecule has 3 rings (SSSR count). The minimum atomic E-state index is -2.59. The van der Waals surface area contributed by atoms with Gasteiger partial charge in [-0.3, -0.25) is 9.59 Å². The van der Waals surface area contributed by atoms with E-state index >= 15 is 0 Å². The van der Waals surface area contributed by atoms with E-state index in [0.29, 0.717) is 12.4 Å². The number of carboxylic acid groups (broad SMARTS) is 5. The van der Waals surface area contributed by atoms with Crippen molar-refractivity contribution in [2.75, 3.05) is 0 Å². The van der Waals surface area contributed by atoms with Gasteiger partial charge >= 0.3 is 29.8 Å². The van der Waals surface area contributed by atoms with Gasteiger partial charge in [-0.2, -0.15) is 10.2 Å². The minimum absolute atomic E-state index is 0.0600. The third-order valence-corrected chi connectivity index (χ3v) is 12.2. The van der Waals surface area contributed by atoms with Crippen LogP contribution in [0.1, 0.15) is 94.9 Å². The summed E-state index contributed by atoms with van der Waals surface area (Å²) in [5.74, 6) is -13.2. The zero-order valence-electron chi connectivity index (χ0n) is 46.8. The van der Waals surface area contributed by atoms with E-state index in [9.17, 15) is 99.3 Å². The Hall–Kier alpha value is -5.67. The molecule has 34 nitrogen and oxygen atoms in total. The van der Waals surface area contributed by atoms with Crippen molar-refractivity contribution in [3.05, 3.63) is 0 Å². The minimum Gasteiger partial charge on any atom is -0.479 e. The van der Waals surface area contributed by atoms with Crippen LogP contribution in [0.25, 0.3) is 0 Å². The van der Waals surface area contributed by atoms with Gasteiger partial charge in [0.2, 0.25) is 11.8 Å². The molecule has 0 bridgehead atoms. The zero-order chi connectivity index (χ0) is 63.2. The van der Waals surface area contributed by atoms with Gasteiger partial charge in [-0.05, 0) is 59.8 Å². The van der Waals surface area contributed by atoms with E-state index in [2.05, 4.69) is 15.6 Å². The summed E-state index contributed by atoms with van der Waals surface area (Å²) in [4.78, 5) is 111. The molecule has 13 N–H and O–H groups in total. The Kier molecular flexibility index (Phi) is 26.7. The number of hydrogen-bond donors (Lipinski definition) is 13. The number of aliphatic hydroxyl groups excluding tert-OH is 6. The molecule has 0 saturated carbocycles. The molecule has 0 spiro atoms. The van der Waals surface area contributed by atoms with Crippen LogP contribution in [0.15, 0.2) is 10.2 Å². The molecule has 472 valence electrons. The number of hydrogen-bond acceptors (Lipinski definition) is 27. The average molecular weight is 1200 g/mol. The first-order valence-corrected chi connectivity index (χ1v) is 25.7. The van der Waals surface area contributed by atoms with Crippen LogP contribution < -0.4 is 10.9 Å². The highest BCUT2D eigenvalue weighted by molar-refractivity contribution is 5.81. The Labute approximate surface area is 473 Å². The van der Waals surface area contributed by atoms with Gasteiger partial charge < -0.3 is 113 Å². The summed E-state index contributed by atoms with van der Waals surface area (Å²) in [6.07, 6.45) is -39.3. The summed E-state index contributed by atoms with van der Waals surface area (Å²) in [7, 11) is 0. The highest BCUT2D eigenvalue weighted by Gasteiger charge is 2.55. The number of carboxylic acids is 5. The number of nitrogens with zero attached hydrogens (tertiary/aromatic N) is 2. The number of hydrazone groups is 2. The molecule has 21 atom stereocenters. The van der Waals surface area contributed by atoms with E-state index in [0.717, 1.165) is 6.92 Å². The number of carbonyl (C=O) groups excluding carboxylic acids is 4. The Morgan fingerprint density at radius 1 is 0.518 bits per heavy atom. The molecular formula is C49H76N4O30. The molecular weight excluding hydrogens is 1120 g/mol. The van der Waals surface area contributed by atoms with Crippen molar-refractivity contribution in [1.29, 1.82) is 0 Å². The number of amides is 2. The van der Waals surface area contributed by atoms with E-state index in [4.69, 9.17) is 47.4 Å². The van der Waals surface area contributed by atoms with Crippen molar-refractivity contribution in [2.24, 2.45) is 27.5 Å². The third kappa shape index (κ3) is 21.1. The molecule has 0 aromatic heterocycles. The maximum Gasteiger partial charge on any atom is 0.336 e. The maximum atomic E-state index is 12.9. The lowest BCUT2D eigenvalue weighted by molar-refractivity contribution is -0.333. The number of unbranched alkanes of at least 4 members (excludes halogenated alkanes) is 1. The quantitative estimate of drug-likeness (QED) is 0.0109. The Balaban J connectivity index is 1.80. The van der Waals surface area contributed by atoms with Crippen LogP contribution in [0.4, 0.5) is 0 Å². The fraction of sp³-hybridized carbons (Fsp3) is 0.776. The average Bonchev–Trinajstić information content (AvgIpc) is 3.41. The molecule has 34 heteroatoms. The van der Waals surface area contributed by atoms with E-state index in [1.54, 1.807) is 20.8 Å². The Bertz CT molecular complexity index is 2290.